The Balaban J connectivity index is 2.89. The molecule has 0 aliphatic heterocycles. The number of aromatic nitrogens is 2. The van der Waals surface area contributed by atoms with Crippen molar-refractivity contribution in [2.45, 2.75) is 20.3 Å². The number of nitro groups is 1. The van der Waals surface area contributed by atoms with Gasteiger partial charge in [-0.1, -0.05) is 20.3 Å². The first kappa shape index (κ1) is 13.1. The first-order chi connectivity index (χ1) is 8.08. The Morgan fingerprint density at radius 2 is 2.35 bits per heavy atom. The Kier molecular flexibility index (Phi) is 4.58. The van der Waals surface area contributed by atoms with Crippen LogP contribution in [-0.2, 0) is 0 Å². The lowest BCUT2D eigenvalue weighted by molar-refractivity contribution is -0.384. The molecule has 8 heteroatoms. The van der Waals surface area contributed by atoms with Gasteiger partial charge in [0.15, 0.2) is 0 Å². The van der Waals surface area contributed by atoms with E-state index in [9.17, 15) is 10.1 Å². The minimum atomic E-state index is -0.529. The Hall–Kier alpha value is -1.96. The number of nitrogen functional groups attached to an aromatic ring is 1. The van der Waals surface area contributed by atoms with Crippen molar-refractivity contribution in [2.75, 3.05) is 17.3 Å². The fraction of sp³-hybridized carbons (Fsp3) is 0.556. The third-order valence-corrected chi connectivity index (χ3v) is 2.41. The maximum Gasteiger partial charge on any atom is 0.329 e. The van der Waals surface area contributed by atoms with Crippen LogP contribution in [0.1, 0.15) is 20.3 Å². The summed E-state index contributed by atoms with van der Waals surface area (Å²) in [7, 11) is 0. The predicted molar refractivity (Wildman–Crippen MR) is 64.4 cm³/mol. The van der Waals surface area contributed by atoms with Crippen LogP contribution < -0.4 is 16.6 Å². The predicted octanol–water partition coefficient (Wildman–Crippen LogP) is 1.13. The van der Waals surface area contributed by atoms with E-state index in [1.54, 1.807) is 0 Å². The standard InChI is InChI=1S/C9H16N6O2/c1-3-6(2)4-11-8-7(15(16)17)5-12-9(13-8)14-10/h5-6H,3-4,10H2,1-2H3,(H2,11,12,13,14). The molecular formula is C9H16N6O2. The number of hydrogen-bond acceptors (Lipinski definition) is 7. The van der Waals surface area contributed by atoms with E-state index < -0.39 is 4.92 Å². The summed E-state index contributed by atoms with van der Waals surface area (Å²) in [5.74, 6) is 5.88. The lowest BCUT2D eigenvalue weighted by Crippen LogP contribution is -2.16. The summed E-state index contributed by atoms with van der Waals surface area (Å²) in [6.45, 7) is 4.70. The summed E-state index contributed by atoms with van der Waals surface area (Å²) in [6, 6.07) is 0. The first-order valence-electron chi connectivity index (χ1n) is 5.30. The van der Waals surface area contributed by atoms with E-state index in [1.807, 2.05) is 13.8 Å². The van der Waals surface area contributed by atoms with Gasteiger partial charge in [0.1, 0.15) is 6.20 Å². The summed E-state index contributed by atoms with van der Waals surface area (Å²) in [5.41, 5.74) is 2.09. The fourth-order valence-corrected chi connectivity index (χ4v) is 1.12. The monoisotopic (exact) mass is 240 g/mol. The minimum absolute atomic E-state index is 0.141. The molecule has 0 aliphatic carbocycles. The second-order valence-electron chi connectivity index (χ2n) is 3.72. The van der Waals surface area contributed by atoms with Crippen LogP contribution in [0.15, 0.2) is 6.20 Å². The van der Waals surface area contributed by atoms with Crippen molar-refractivity contribution in [1.29, 1.82) is 0 Å². The summed E-state index contributed by atoms with van der Waals surface area (Å²) in [4.78, 5) is 17.9. The lowest BCUT2D eigenvalue weighted by atomic mass is 10.1. The van der Waals surface area contributed by atoms with Crippen molar-refractivity contribution >= 4 is 17.5 Å². The molecule has 8 nitrogen and oxygen atoms in total. The molecule has 1 aromatic rings. The third kappa shape index (κ3) is 3.52. The van der Waals surface area contributed by atoms with Gasteiger partial charge in [0, 0.05) is 6.54 Å². The highest BCUT2D eigenvalue weighted by Gasteiger charge is 2.17. The average Bonchev–Trinajstić information content (AvgIpc) is 2.35. The van der Waals surface area contributed by atoms with Crippen molar-refractivity contribution in [1.82, 2.24) is 9.97 Å². The van der Waals surface area contributed by atoms with Crippen LogP contribution in [0.2, 0.25) is 0 Å². The minimum Gasteiger partial charge on any atom is -0.364 e. The molecule has 1 unspecified atom stereocenters. The van der Waals surface area contributed by atoms with Crippen molar-refractivity contribution in [3.05, 3.63) is 16.3 Å². The van der Waals surface area contributed by atoms with Crippen molar-refractivity contribution in [2.24, 2.45) is 11.8 Å². The number of anilines is 2. The van der Waals surface area contributed by atoms with E-state index in [-0.39, 0.29) is 17.5 Å². The van der Waals surface area contributed by atoms with Crippen LogP contribution >= 0.6 is 0 Å². The highest BCUT2D eigenvalue weighted by Crippen LogP contribution is 2.22. The number of nitrogens with one attached hydrogen (secondary N) is 2. The Labute approximate surface area is 98.8 Å². The van der Waals surface area contributed by atoms with Gasteiger partial charge in [0.25, 0.3) is 0 Å². The second-order valence-corrected chi connectivity index (χ2v) is 3.72. The first-order valence-corrected chi connectivity index (χ1v) is 5.30. The topological polar surface area (TPSA) is 119 Å². The van der Waals surface area contributed by atoms with Crippen LogP contribution in [-0.4, -0.2) is 21.4 Å². The highest BCUT2D eigenvalue weighted by atomic mass is 16.6. The van der Waals surface area contributed by atoms with Crippen LogP contribution in [0, 0.1) is 16.0 Å². The summed E-state index contributed by atoms with van der Waals surface area (Å²) >= 11 is 0. The van der Waals surface area contributed by atoms with E-state index >= 15 is 0 Å². The van der Waals surface area contributed by atoms with Crippen LogP contribution in [0.25, 0.3) is 0 Å². The maximum atomic E-state index is 10.8. The molecule has 0 saturated heterocycles. The van der Waals surface area contributed by atoms with Gasteiger partial charge in [-0.05, 0) is 5.92 Å². The van der Waals surface area contributed by atoms with Gasteiger partial charge in [-0.2, -0.15) is 4.98 Å². The van der Waals surface area contributed by atoms with Crippen molar-refractivity contribution < 1.29 is 4.92 Å². The van der Waals surface area contributed by atoms with Gasteiger partial charge in [-0.3, -0.25) is 15.5 Å². The molecule has 94 valence electrons. The number of rotatable bonds is 6. The Bertz CT molecular complexity index is 397. The molecule has 0 fully saturated rings. The van der Waals surface area contributed by atoms with E-state index in [0.717, 1.165) is 12.6 Å². The van der Waals surface area contributed by atoms with Gasteiger partial charge in [-0.25, -0.2) is 10.8 Å². The van der Waals surface area contributed by atoms with Crippen LogP contribution in [0.3, 0.4) is 0 Å². The number of nitrogens with zero attached hydrogens (tertiary/aromatic N) is 3. The van der Waals surface area contributed by atoms with Gasteiger partial charge in [-0.15, -0.1) is 0 Å². The molecule has 0 saturated carbocycles. The smallest absolute Gasteiger partial charge is 0.329 e. The quantitative estimate of drug-likeness (QED) is 0.387. The molecule has 0 aromatic carbocycles. The number of hydrogen-bond donors (Lipinski definition) is 3. The van der Waals surface area contributed by atoms with E-state index in [2.05, 4.69) is 20.7 Å². The summed E-state index contributed by atoms with van der Waals surface area (Å²) in [5, 5.41) is 13.7. The molecule has 0 amide bonds. The van der Waals surface area contributed by atoms with E-state index in [1.165, 1.54) is 0 Å². The second kappa shape index (κ2) is 5.94. The molecule has 0 aliphatic rings. The van der Waals surface area contributed by atoms with Crippen LogP contribution in [0.4, 0.5) is 17.5 Å². The number of hydrazine groups is 1. The molecule has 0 bridgehead atoms. The summed E-state index contributed by atoms with van der Waals surface area (Å²) < 4.78 is 0. The molecule has 0 spiro atoms. The Morgan fingerprint density at radius 3 is 2.88 bits per heavy atom. The zero-order chi connectivity index (χ0) is 12.8. The van der Waals surface area contributed by atoms with Gasteiger partial charge in [0.05, 0.1) is 4.92 Å². The van der Waals surface area contributed by atoms with Crippen molar-refractivity contribution in [3.63, 3.8) is 0 Å². The molecular weight excluding hydrogens is 224 g/mol. The SMILES string of the molecule is CCC(C)CNc1nc(NN)ncc1[N+](=O)[O-]. The van der Waals surface area contributed by atoms with Crippen LogP contribution in [0.5, 0.6) is 0 Å². The molecule has 1 atom stereocenters. The molecule has 1 aromatic heterocycles. The number of nitrogens with two attached hydrogens (primary N) is 1. The highest BCUT2D eigenvalue weighted by molar-refractivity contribution is 5.56. The van der Waals surface area contributed by atoms with Gasteiger partial charge < -0.3 is 5.32 Å². The summed E-state index contributed by atoms with van der Waals surface area (Å²) in [6.07, 6.45) is 2.11. The molecule has 1 heterocycles. The lowest BCUT2D eigenvalue weighted by Gasteiger charge is -2.11. The zero-order valence-electron chi connectivity index (χ0n) is 9.80. The molecule has 17 heavy (non-hydrogen) atoms. The maximum absolute atomic E-state index is 10.8. The largest absolute Gasteiger partial charge is 0.364 e. The fourth-order valence-electron chi connectivity index (χ4n) is 1.12. The van der Waals surface area contributed by atoms with E-state index in [0.29, 0.717) is 12.5 Å². The Morgan fingerprint density at radius 1 is 1.65 bits per heavy atom. The van der Waals surface area contributed by atoms with Crippen molar-refractivity contribution in [3.8, 4) is 0 Å². The molecule has 0 radical (unpaired) electrons. The average molecular weight is 240 g/mol. The molecule has 4 N–H and O–H groups in total. The zero-order valence-corrected chi connectivity index (χ0v) is 9.80. The van der Waals surface area contributed by atoms with Gasteiger partial charge >= 0.3 is 5.69 Å². The normalized spacial score (nSPS) is 11.9. The van der Waals surface area contributed by atoms with Gasteiger partial charge in [0.2, 0.25) is 11.8 Å². The third-order valence-electron chi connectivity index (χ3n) is 2.41. The van der Waals surface area contributed by atoms with E-state index in [4.69, 9.17) is 5.84 Å². The molecule has 1 rings (SSSR count).